The van der Waals surface area contributed by atoms with Crippen molar-refractivity contribution in [2.75, 3.05) is 39.0 Å². The van der Waals surface area contributed by atoms with Gasteiger partial charge in [-0.05, 0) is 6.42 Å². The summed E-state index contributed by atoms with van der Waals surface area (Å²) in [7, 11) is 1.62. The Bertz CT molecular complexity index is 442. The second-order valence-electron chi connectivity index (χ2n) is 4.22. The summed E-state index contributed by atoms with van der Waals surface area (Å²) in [5, 5.41) is 10.9. The number of anilines is 1. The van der Waals surface area contributed by atoms with Crippen LogP contribution in [0, 0.1) is 10.1 Å². The molecule has 0 fully saturated rings. The zero-order valence-corrected chi connectivity index (χ0v) is 12.0. The highest BCUT2D eigenvalue weighted by Gasteiger charge is 2.16. The third-order valence-corrected chi connectivity index (χ3v) is 2.74. The predicted octanol–water partition coefficient (Wildman–Crippen LogP) is 1.45. The first kappa shape index (κ1) is 17.3. The van der Waals surface area contributed by atoms with E-state index in [1.165, 1.54) is 6.07 Å². The molecule has 0 saturated heterocycles. The summed E-state index contributed by atoms with van der Waals surface area (Å²) < 4.78 is 15.6. The highest BCUT2D eigenvalue weighted by Crippen LogP contribution is 2.27. The maximum atomic E-state index is 10.9. The SMILES string of the molecule is COCCOCCCOCc1cccc([N+](=O)[O-])c1NN. The van der Waals surface area contributed by atoms with E-state index in [2.05, 4.69) is 5.43 Å². The number of nitro benzene ring substituents is 1. The fraction of sp³-hybridized carbons (Fsp3) is 0.538. The normalized spacial score (nSPS) is 10.6. The molecule has 0 radical (unpaired) electrons. The van der Waals surface area contributed by atoms with Gasteiger partial charge in [-0.15, -0.1) is 0 Å². The zero-order chi connectivity index (χ0) is 15.5. The second kappa shape index (κ2) is 10.1. The number of hydrogen-bond acceptors (Lipinski definition) is 7. The summed E-state index contributed by atoms with van der Waals surface area (Å²) in [6, 6.07) is 4.73. The Hall–Kier alpha value is -1.74. The molecule has 0 aromatic heterocycles. The first-order valence-electron chi connectivity index (χ1n) is 6.58. The minimum absolute atomic E-state index is 0.0681. The van der Waals surface area contributed by atoms with Crippen molar-refractivity contribution in [3.8, 4) is 0 Å². The Labute approximate surface area is 123 Å². The van der Waals surface area contributed by atoms with E-state index in [1.807, 2.05) is 0 Å². The van der Waals surface area contributed by atoms with Crippen LogP contribution in [-0.4, -0.2) is 38.5 Å². The zero-order valence-electron chi connectivity index (χ0n) is 12.0. The molecule has 0 unspecified atom stereocenters. The van der Waals surface area contributed by atoms with Crippen LogP contribution in [0.4, 0.5) is 11.4 Å². The van der Waals surface area contributed by atoms with Crippen molar-refractivity contribution in [2.45, 2.75) is 13.0 Å². The largest absolute Gasteiger partial charge is 0.382 e. The Morgan fingerprint density at radius 1 is 1.24 bits per heavy atom. The van der Waals surface area contributed by atoms with Gasteiger partial charge in [0.15, 0.2) is 0 Å². The number of nitrogen functional groups attached to an aromatic ring is 1. The van der Waals surface area contributed by atoms with Crippen LogP contribution in [0.2, 0.25) is 0 Å². The monoisotopic (exact) mass is 299 g/mol. The molecule has 0 amide bonds. The lowest BCUT2D eigenvalue weighted by molar-refractivity contribution is -0.384. The molecule has 8 heteroatoms. The van der Waals surface area contributed by atoms with Crippen LogP contribution in [0.5, 0.6) is 0 Å². The molecule has 0 aliphatic heterocycles. The fourth-order valence-electron chi connectivity index (χ4n) is 1.72. The summed E-state index contributed by atoms with van der Waals surface area (Å²) in [6.07, 6.45) is 0.740. The van der Waals surface area contributed by atoms with Gasteiger partial charge in [0.25, 0.3) is 5.69 Å². The summed E-state index contributed by atoms with van der Waals surface area (Å²) in [5.74, 6) is 5.35. The summed E-state index contributed by atoms with van der Waals surface area (Å²) in [5.41, 5.74) is 3.21. The Morgan fingerprint density at radius 2 is 2.00 bits per heavy atom. The first-order valence-corrected chi connectivity index (χ1v) is 6.58. The lowest BCUT2D eigenvalue weighted by atomic mass is 10.1. The fourth-order valence-corrected chi connectivity index (χ4v) is 1.72. The van der Waals surface area contributed by atoms with Gasteiger partial charge in [0.1, 0.15) is 5.69 Å². The van der Waals surface area contributed by atoms with Gasteiger partial charge in [0, 0.05) is 32.0 Å². The molecule has 0 atom stereocenters. The number of rotatable bonds is 11. The van der Waals surface area contributed by atoms with Crippen molar-refractivity contribution >= 4 is 11.4 Å². The van der Waals surface area contributed by atoms with Crippen LogP contribution in [0.15, 0.2) is 18.2 Å². The number of para-hydroxylation sites is 1. The van der Waals surface area contributed by atoms with Crippen molar-refractivity contribution in [2.24, 2.45) is 5.84 Å². The standard InChI is InChI=1S/C13H21N3O5/c1-19-8-9-20-6-3-7-21-10-11-4-2-5-12(16(17)18)13(11)15-14/h2,4-5,15H,3,6-10,14H2,1H3. The lowest BCUT2D eigenvalue weighted by Gasteiger charge is -2.10. The number of nitrogens with zero attached hydrogens (tertiary/aromatic N) is 1. The molecular formula is C13H21N3O5. The minimum Gasteiger partial charge on any atom is -0.382 e. The van der Waals surface area contributed by atoms with Crippen molar-refractivity contribution in [3.63, 3.8) is 0 Å². The van der Waals surface area contributed by atoms with E-state index in [-0.39, 0.29) is 18.0 Å². The van der Waals surface area contributed by atoms with E-state index in [9.17, 15) is 10.1 Å². The van der Waals surface area contributed by atoms with Crippen molar-refractivity contribution < 1.29 is 19.1 Å². The number of nitrogens with two attached hydrogens (primary N) is 1. The lowest BCUT2D eigenvalue weighted by Crippen LogP contribution is -2.12. The van der Waals surface area contributed by atoms with Crippen molar-refractivity contribution in [3.05, 3.63) is 33.9 Å². The Balaban J connectivity index is 2.35. The first-order chi connectivity index (χ1) is 10.2. The van der Waals surface area contributed by atoms with Crippen molar-refractivity contribution in [1.82, 2.24) is 0 Å². The molecular weight excluding hydrogens is 278 g/mol. The topological polar surface area (TPSA) is 109 Å². The van der Waals surface area contributed by atoms with Crippen LogP contribution in [0.25, 0.3) is 0 Å². The van der Waals surface area contributed by atoms with E-state index in [0.29, 0.717) is 32.0 Å². The highest BCUT2D eigenvalue weighted by atomic mass is 16.6. The molecule has 0 aliphatic carbocycles. The molecule has 0 saturated carbocycles. The van der Waals surface area contributed by atoms with Gasteiger partial charge < -0.3 is 19.6 Å². The van der Waals surface area contributed by atoms with Gasteiger partial charge in [0.05, 0.1) is 24.7 Å². The van der Waals surface area contributed by atoms with Gasteiger partial charge in [-0.2, -0.15) is 0 Å². The summed E-state index contributed by atoms with van der Waals surface area (Å²) >= 11 is 0. The number of nitrogens with one attached hydrogen (secondary N) is 1. The van der Waals surface area contributed by atoms with Gasteiger partial charge in [0.2, 0.25) is 0 Å². The minimum atomic E-state index is -0.484. The average molecular weight is 299 g/mol. The van der Waals surface area contributed by atoms with Crippen LogP contribution >= 0.6 is 0 Å². The number of nitro groups is 1. The molecule has 0 bridgehead atoms. The maximum Gasteiger partial charge on any atom is 0.294 e. The van der Waals surface area contributed by atoms with E-state index in [0.717, 1.165) is 6.42 Å². The average Bonchev–Trinajstić information content (AvgIpc) is 2.49. The van der Waals surface area contributed by atoms with Gasteiger partial charge >= 0.3 is 0 Å². The van der Waals surface area contributed by atoms with Crippen LogP contribution in [0.3, 0.4) is 0 Å². The van der Waals surface area contributed by atoms with E-state index in [1.54, 1.807) is 19.2 Å². The number of hydrogen-bond donors (Lipinski definition) is 2. The second-order valence-corrected chi connectivity index (χ2v) is 4.22. The van der Waals surface area contributed by atoms with E-state index < -0.39 is 4.92 Å². The third kappa shape index (κ3) is 6.05. The predicted molar refractivity (Wildman–Crippen MR) is 77.9 cm³/mol. The molecule has 1 rings (SSSR count). The molecule has 3 N–H and O–H groups in total. The van der Waals surface area contributed by atoms with Crippen LogP contribution < -0.4 is 11.3 Å². The molecule has 0 spiro atoms. The molecule has 1 aromatic rings. The summed E-state index contributed by atoms with van der Waals surface area (Å²) in [6.45, 7) is 2.46. The van der Waals surface area contributed by atoms with Gasteiger partial charge in [-0.25, -0.2) is 0 Å². The number of benzene rings is 1. The maximum absolute atomic E-state index is 10.9. The summed E-state index contributed by atoms with van der Waals surface area (Å²) in [4.78, 5) is 10.4. The van der Waals surface area contributed by atoms with Crippen LogP contribution in [-0.2, 0) is 20.8 Å². The van der Waals surface area contributed by atoms with E-state index in [4.69, 9.17) is 20.1 Å². The third-order valence-electron chi connectivity index (χ3n) is 2.74. The van der Waals surface area contributed by atoms with Gasteiger partial charge in [-0.3, -0.25) is 16.0 Å². The van der Waals surface area contributed by atoms with Crippen molar-refractivity contribution in [1.29, 1.82) is 0 Å². The molecule has 8 nitrogen and oxygen atoms in total. The molecule has 1 aromatic carbocycles. The molecule has 118 valence electrons. The Kier molecular flexibility index (Phi) is 8.29. The molecule has 21 heavy (non-hydrogen) atoms. The smallest absolute Gasteiger partial charge is 0.294 e. The number of hydrazine groups is 1. The molecule has 0 aliphatic rings. The van der Waals surface area contributed by atoms with Crippen LogP contribution in [0.1, 0.15) is 12.0 Å². The van der Waals surface area contributed by atoms with Gasteiger partial charge in [-0.1, -0.05) is 12.1 Å². The number of ether oxygens (including phenoxy) is 3. The number of methoxy groups -OCH3 is 1. The van der Waals surface area contributed by atoms with E-state index >= 15 is 0 Å². The highest BCUT2D eigenvalue weighted by molar-refractivity contribution is 5.65. The quantitative estimate of drug-likeness (QED) is 0.275. The molecule has 0 heterocycles. The Morgan fingerprint density at radius 3 is 2.67 bits per heavy atom.